The lowest BCUT2D eigenvalue weighted by atomic mass is 10.2. The van der Waals surface area contributed by atoms with Crippen molar-refractivity contribution in [1.29, 1.82) is 0 Å². The predicted molar refractivity (Wildman–Crippen MR) is 136 cm³/mol. The van der Waals surface area contributed by atoms with E-state index >= 15 is 0 Å². The zero-order valence-electron chi connectivity index (χ0n) is 19.6. The van der Waals surface area contributed by atoms with Crippen molar-refractivity contribution in [2.75, 3.05) is 11.9 Å². The third kappa shape index (κ3) is 5.87. The summed E-state index contributed by atoms with van der Waals surface area (Å²) in [4.78, 5) is 34.0. The lowest BCUT2D eigenvalue weighted by Crippen LogP contribution is -2.43. The Morgan fingerprint density at radius 1 is 1.00 bits per heavy atom. The van der Waals surface area contributed by atoms with Crippen molar-refractivity contribution in [3.8, 4) is 11.6 Å². The van der Waals surface area contributed by atoms with E-state index in [-0.39, 0.29) is 43.4 Å². The van der Waals surface area contributed by atoms with Crippen molar-refractivity contribution in [3.63, 3.8) is 0 Å². The monoisotopic (exact) mass is 523 g/mol. The van der Waals surface area contributed by atoms with E-state index in [0.717, 1.165) is 16.6 Å². The molecule has 0 bridgehead atoms. The van der Waals surface area contributed by atoms with Gasteiger partial charge in [-0.3, -0.25) is 4.57 Å². The van der Waals surface area contributed by atoms with E-state index in [2.05, 4.69) is 15.3 Å². The van der Waals surface area contributed by atoms with Gasteiger partial charge in [0.25, 0.3) is 0 Å². The number of ether oxygens (including phenoxy) is 1. The molecule has 4 aromatic rings. The molecule has 2 aromatic heterocycles. The quantitative estimate of drug-likeness (QED) is 0.321. The summed E-state index contributed by atoms with van der Waals surface area (Å²) in [7, 11) is 0. The Balaban J connectivity index is 1.43. The minimum absolute atomic E-state index is 0.0282. The number of aliphatic hydroxyl groups is 1. The maximum atomic E-state index is 13.4. The van der Waals surface area contributed by atoms with Crippen LogP contribution in [0.5, 0.6) is 11.6 Å². The lowest BCUT2D eigenvalue weighted by Gasteiger charge is -2.16. The van der Waals surface area contributed by atoms with Crippen LogP contribution < -0.4 is 21.4 Å². The molecule has 2 aromatic carbocycles. The SMILES string of the molecule is O=c1nc(Nc2ccc(Oc3cccc(F)n3)cc2)n(Cc2ccc(Cl)cc2)c(=O)n1CC1C[C@H]1CO. The highest BCUT2D eigenvalue weighted by atomic mass is 35.5. The molecule has 9 nitrogen and oxygen atoms in total. The molecule has 0 radical (unpaired) electrons. The first-order valence-corrected chi connectivity index (χ1v) is 12.0. The van der Waals surface area contributed by atoms with Gasteiger partial charge in [0.15, 0.2) is 0 Å². The fourth-order valence-corrected chi connectivity index (χ4v) is 4.12. The number of nitrogens with one attached hydrogen (secondary N) is 1. The van der Waals surface area contributed by atoms with Gasteiger partial charge in [0.1, 0.15) is 5.75 Å². The van der Waals surface area contributed by atoms with Crippen molar-refractivity contribution in [1.82, 2.24) is 19.1 Å². The van der Waals surface area contributed by atoms with E-state index < -0.39 is 17.3 Å². The topological polar surface area (TPSA) is 111 Å². The van der Waals surface area contributed by atoms with Gasteiger partial charge in [-0.15, -0.1) is 0 Å². The summed E-state index contributed by atoms with van der Waals surface area (Å²) < 4.78 is 21.4. The maximum Gasteiger partial charge on any atom is 0.354 e. The van der Waals surface area contributed by atoms with Crippen molar-refractivity contribution in [3.05, 3.63) is 104 Å². The Morgan fingerprint density at radius 3 is 2.43 bits per heavy atom. The van der Waals surface area contributed by atoms with Gasteiger partial charge < -0.3 is 15.2 Å². The van der Waals surface area contributed by atoms with Crippen LogP contribution >= 0.6 is 11.6 Å². The average molecular weight is 524 g/mol. The predicted octanol–water partition coefficient (Wildman–Crippen LogP) is 3.81. The zero-order valence-corrected chi connectivity index (χ0v) is 20.3. The number of anilines is 2. The first-order valence-electron chi connectivity index (χ1n) is 11.6. The number of pyridine rings is 1. The highest BCUT2D eigenvalue weighted by Gasteiger charge is 2.37. The van der Waals surface area contributed by atoms with Gasteiger partial charge in [0.05, 0.1) is 6.54 Å². The van der Waals surface area contributed by atoms with Gasteiger partial charge >= 0.3 is 11.4 Å². The van der Waals surface area contributed by atoms with Crippen molar-refractivity contribution >= 4 is 23.2 Å². The molecule has 11 heteroatoms. The summed E-state index contributed by atoms with van der Waals surface area (Å²) in [5.74, 6) is 0.132. The Hall–Kier alpha value is -4.02. The third-order valence-electron chi connectivity index (χ3n) is 6.15. The fraction of sp³-hybridized carbons (Fsp3) is 0.231. The summed E-state index contributed by atoms with van der Waals surface area (Å²) in [5, 5.41) is 13.0. The molecule has 0 spiro atoms. The molecule has 1 aliphatic rings. The summed E-state index contributed by atoms with van der Waals surface area (Å²) in [6, 6.07) is 17.9. The molecule has 1 aliphatic carbocycles. The van der Waals surface area contributed by atoms with Crippen molar-refractivity contribution in [2.45, 2.75) is 19.5 Å². The van der Waals surface area contributed by atoms with Crippen molar-refractivity contribution in [2.24, 2.45) is 11.8 Å². The number of nitrogens with zero attached hydrogens (tertiary/aromatic N) is 4. The number of halogens is 2. The minimum Gasteiger partial charge on any atom is -0.439 e. The van der Waals surface area contributed by atoms with Crippen LogP contribution in [-0.4, -0.2) is 30.8 Å². The van der Waals surface area contributed by atoms with E-state index in [1.165, 1.54) is 22.8 Å². The summed E-state index contributed by atoms with van der Waals surface area (Å²) in [6.45, 7) is 0.392. The van der Waals surface area contributed by atoms with E-state index in [4.69, 9.17) is 16.3 Å². The summed E-state index contributed by atoms with van der Waals surface area (Å²) in [5.41, 5.74) is 0.183. The van der Waals surface area contributed by atoms with Gasteiger partial charge in [0, 0.05) is 29.9 Å². The minimum atomic E-state index is -0.666. The van der Waals surface area contributed by atoms with Gasteiger partial charge in [-0.05, 0) is 66.3 Å². The highest BCUT2D eigenvalue weighted by Crippen LogP contribution is 2.38. The highest BCUT2D eigenvalue weighted by molar-refractivity contribution is 6.30. The van der Waals surface area contributed by atoms with Crippen LogP contribution in [0.15, 0.2) is 76.3 Å². The number of hydrogen-bond acceptors (Lipinski definition) is 7. The van der Waals surface area contributed by atoms with Crippen LogP contribution in [0.4, 0.5) is 16.0 Å². The summed E-state index contributed by atoms with van der Waals surface area (Å²) >= 11 is 6.00. The third-order valence-corrected chi connectivity index (χ3v) is 6.40. The largest absolute Gasteiger partial charge is 0.439 e. The Morgan fingerprint density at radius 2 is 1.76 bits per heavy atom. The molecular weight excluding hydrogens is 501 g/mol. The van der Waals surface area contributed by atoms with Crippen molar-refractivity contribution < 1.29 is 14.2 Å². The molecule has 2 heterocycles. The van der Waals surface area contributed by atoms with E-state index in [1.54, 1.807) is 48.5 Å². The smallest absolute Gasteiger partial charge is 0.354 e. The van der Waals surface area contributed by atoms with E-state index in [9.17, 15) is 19.1 Å². The standard InChI is InChI=1S/C26H23ClFN5O4/c27-19-6-4-16(5-7-19)13-32-24(31-25(35)33(26(32)36)14-17-12-18(17)15-34)29-20-8-10-21(11-9-20)37-23-3-1-2-22(28)30-23/h1-11,17-18,34H,12-15H2,(H,29,31,35)/t17?,18-/m0/s1. The molecule has 37 heavy (non-hydrogen) atoms. The first-order chi connectivity index (χ1) is 17.9. The molecule has 2 N–H and O–H groups in total. The number of aliphatic hydroxyl groups excluding tert-OH is 1. The molecule has 0 aliphatic heterocycles. The number of hydrogen-bond donors (Lipinski definition) is 2. The molecule has 190 valence electrons. The second kappa shape index (κ2) is 10.5. The average Bonchev–Trinajstić information content (AvgIpc) is 3.65. The Bertz CT molecular complexity index is 1520. The number of rotatable bonds is 9. The van der Waals surface area contributed by atoms with Crippen LogP contribution in [-0.2, 0) is 13.1 Å². The van der Waals surface area contributed by atoms with Crippen LogP contribution in [0.3, 0.4) is 0 Å². The molecule has 1 fully saturated rings. The van der Waals surface area contributed by atoms with Gasteiger partial charge in [-0.1, -0.05) is 29.8 Å². The van der Waals surface area contributed by atoms with Crippen LogP contribution in [0.1, 0.15) is 12.0 Å². The molecule has 1 saturated carbocycles. The van der Waals surface area contributed by atoms with E-state index in [1.807, 2.05) is 0 Å². The van der Waals surface area contributed by atoms with Gasteiger partial charge in [-0.2, -0.15) is 14.4 Å². The van der Waals surface area contributed by atoms with Crippen LogP contribution in [0, 0.1) is 17.8 Å². The zero-order chi connectivity index (χ0) is 25.9. The van der Waals surface area contributed by atoms with Crippen LogP contribution in [0.2, 0.25) is 5.02 Å². The molecule has 1 unspecified atom stereocenters. The molecule has 0 saturated heterocycles. The summed E-state index contributed by atoms with van der Waals surface area (Å²) in [6.07, 6.45) is 0.763. The second-order valence-corrected chi connectivity index (χ2v) is 9.25. The fourth-order valence-electron chi connectivity index (χ4n) is 3.99. The van der Waals surface area contributed by atoms with Gasteiger partial charge in [0.2, 0.25) is 17.8 Å². The molecular formula is C26H23ClFN5O4. The lowest BCUT2D eigenvalue weighted by molar-refractivity contribution is 0.265. The maximum absolute atomic E-state index is 13.4. The van der Waals surface area contributed by atoms with Gasteiger partial charge in [-0.25, -0.2) is 14.2 Å². The molecule has 2 atom stereocenters. The number of aromatic nitrogens is 4. The number of benzene rings is 2. The van der Waals surface area contributed by atoms with E-state index in [0.29, 0.717) is 16.5 Å². The molecule has 0 amide bonds. The Kier molecular flexibility index (Phi) is 7.02. The molecule has 5 rings (SSSR count). The Labute approximate surface area is 215 Å². The first kappa shape index (κ1) is 24.7. The normalized spacial score (nSPS) is 16.4. The second-order valence-electron chi connectivity index (χ2n) is 8.81. The van der Waals surface area contributed by atoms with Crippen LogP contribution in [0.25, 0.3) is 0 Å².